The Kier molecular flexibility index (Phi) is 5.67. The van der Waals surface area contributed by atoms with Gasteiger partial charge < -0.3 is 9.64 Å². The van der Waals surface area contributed by atoms with Crippen LogP contribution in [0.25, 0.3) is 10.1 Å². The van der Waals surface area contributed by atoms with Crippen LogP contribution in [0.1, 0.15) is 33.6 Å². The first-order valence-corrected chi connectivity index (χ1v) is 10.6. The molecule has 1 aliphatic heterocycles. The predicted molar refractivity (Wildman–Crippen MR) is 112 cm³/mol. The van der Waals surface area contributed by atoms with Gasteiger partial charge in [-0.05, 0) is 37.5 Å². The zero-order chi connectivity index (χ0) is 19.7. The Morgan fingerprint density at radius 1 is 1.32 bits per heavy atom. The highest BCUT2D eigenvalue weighted by molar-refractivity contribution is 7.21. The third-order valence-electron chi connectivity index (χ3n) is 5.03. The number of carbonyl (C=O) groups excluding carboxylic acids is 1. The molecule has 146 valence electrons. The maximum Gasteiger partial charge on any atom is 0.265 e. The average Bonchev–Trinajstić information content (AvgIpc) is 3.30. The lowest BCUT2D eigenvalue weighted by molar-refractivity contribution is 0.0509. The molecule has 2 aromatic carbocycles. The van der Waals surface area contributed by atoms with Crippen molar-refractivity contribution in [3.8, 4) is 0 Å². The van der Waals surface area contributed by atoms with Gasteiger partial charge in [0.15, 0.2) is 0 Å². The highest BCUT2D eigenvalue weighted by Crippen LogP contribution is 2.37. The van der Waals surface area contributed by atoms with E-state index in [-0.39, 0.29) is 24.4 Å². The third kappa shape index (κ3) is 3.93. The first-order chi connectivity index (χ1) is 13.5. The van der Waals surface area contributed by atoms with E-state index in [1.807, 2.05) is 25.1 Å². The molecule has 6 heteroatoms. The number of aryl methyl sites for hydroxylation is 1. The standard InChI is InChI=1S/C22H21ClFNO2S/c1-14-8-9-17-19(11-14)28-21(20(17)23)22(26)25(13-16-6-4-10-27-16)12-15-5-2-3-7-18(15)24/h2-3,5,7-9,11,16H,4,6,10,12-13H2,1H3. The molecule has 1 atom stereocenters. The Labute approximate surface area is 172 Å². The minimum Gasteiger partial charge on any atom is -0.376 e. The van der Waals surface area contributed by atoms with Crippen molar-refractivity contribution in [1.82, 2.24) is 4.90 Å². The van der Waals surface area contributed by atoms with Gasteiger partial charge in [0.05, 0.1) is 11.1 Å². The summed E-state index contributed by atoms with van der Waals surface area (Å²) in [5, 5.41) is 1.35. The van der Waals surface area contributed by atoms with E-state index in [0.717, 1.165) is 28.5 Å². The highest BCUT2D eigenvalue weighted by Gasteiger charge is 2.27. The topological polar surface area (TPSA) is 29.5 Å². The molecule has 0 spiro atoms. The molecule has 3 aromatic rings. The third-order valence-corrected chi connectivity index (χ3v) is 6.68. The van der Waals surface area contributed by atoms with E-state index in [0.29, 0.717) is 28.6 Å². The summed E-state index contributed by atoms with van der Waals surface area (Å²) in [5.41, 5.74) is 1.61. The lowest BCUT2D eigenvalue weighted by atomic mass is 10.1. The molecule has 28 heavy (non-hydrogen) atoms. The van der Waals surface area contributed by atoms with Crippen molar-refractivity contribution in [2.24, 2.45) is 0 Å². The molecule has 1 unspecified atom stereocenters. The number of benzene rings is 2. The fourth-order valence-corrected chi connectivity index (χ4v) is 5.12. The molecule has 3 nitrogen and oxygen atoms in total. The zero-order valence-electron chi connectivity index (χ0n) is 15.6. The average molecular weight is 418 g/mol. The molecular weight excluding hydrogens is 397 g/mol. The van der Waals surface area contributed by atoms with Crippen molar-refractivity contribution in [3.63, 3.8) is 0 Å². The van der Waals surface area contributed by atoms with Gasteiger partial charge in [0.25, 0.3) is 5.91 Å². The van der Waals surface area contributed by atoms with Crippen molar-refractivity contribution in [3.05, 3.63) is 69.3 Å². The maximum absolute atomic E-state index is 14.2. The predicted octanol–water partition coefficient (Wildman–Crippen LogP) is 5.82. The number of fused-ring (bicyclic) bond motifs is 1. The number of hydrogen-bond donors (Lipinski definition) is 0. The normalized spacial score (nSPS) is 16.6. The van der Waals surface area contributed by atoms with Gasteiger partial charge in [0.1, 0.15) is 10.7 Å². The first kappa shape index (κ1) is 19.4. The lowest BCUT2D eigenvalue weighted by Gasteiger charge is -2.25. The van der Waals surface area contributed by atoms with E-state index in [2.05, 4.69) is 0 Å². The van der Waals surface area contributed by atoms with Gasteiger partial charge in [-0.15, -0.1) is 11.3 Å². The van der Waals surface area contributed by atoms with Crippen LogP contribution in [0.4, 0.5) is 4.39 Å². The van der Waals surface area contributed by atoms with E-state index in [9.17, 15) is 9.18 Å². The van der Waals surface area contributed by atoms with Gasteiger partial charge in [-0.3, -0.25) is 4.79 Å². The molecule has 1 aliphatic rings. The highest BCUT2D eigenvalue weighted by atomic mass is 35.5. The van der Waals surface area contributed by atoms with E-state index in [1.54, 1.807) is 23.1 Å². The van der Waals surface area contributed by atoms with Crippen LogP contribution in [-0.2, 0) is 11.3 Å². The Morgan fingerprint density at radius 3 is 2.89 bits per heavy atom. The van der Waals surface area contributed by atoms with Crippen molar-refractivity contribution in [1.29, 1.82) is 0 Å². The van der Waals surface area contributed by atoms with E-state index >= 15 is 0 Å². The van der Waals surface area contributed by atoms with E-state index in [4.69, 9.17) is 16.3 Å². The largest absolute Gasteiger partial charge is 0.376 e. The second-order valence-corrected chi connectivity index (χ2v) is 8.59. The summed E-state index contributed by atoms with van der Waals surface area (Å²) in [5.74, 6) is -0.492. The fourth-order valence-electron chi connectivity index (χ4n) is 3.54. The number of thiophene rings is 1. The minimum atomic E-state index is -0.314. The second kappa shape index (κ2) is 8.19. The Hall–Kier alpha value is -1.95. The second-order valence-electron chi connectivity index (χ2n) is 7.16. The number of amides is 1. The van der Waals surface area contributed by atoms with Crippen LogP contribution < -0.4 is 0 Å². The smallest absolute Gasteiger partial charge is 0.265 e. The fraction of sp³-hybridized carbons (Fsp3) is 0.318. The molecule has 1 amide bonds. The van der Waals surface area contributed by atoms with Crippen molar-refractivity contribution in [2.45, 2.75) is 32.4 Å². The lowest BCUT2D eigenvalue weighted by Crippen LogP contribution is -2.37. The van der Waals surface area contributed by atoms with Crippen LogP contribution in [0, 0.1) is 12.7 Å². The minimum absolute atomic E-state index is 0.0221. The zero-order valence-corrected chi connectivity index (χ0v) is 17.2. The van der Waals surface area contributed by atoms with Crippen LogP contribution in [0.5, 0.6) is 0 Å². The molecule has 0 saturated carbocycles. The quantitative estimate of drug-likeness (QED) is 0.523. The molecule has 0 N–H and O–H groups in total. The van der Waals surface area contributed by atoms with Gasteiger partial charge >= 0.3 is 0 Å². The van der Waals surface area contributed by atoms with Crippen LogP contribution in [-0.4, -0.2) is 30.1 Å². The van der Waals surface area contributed by atoms with Crippen molar-refractivity contribution in [2.75, 3.05) is 13.2 Å². The van der Waals surface area contributed by atoms with Gasteiger partial charge in [-0.1, -0.05) is 41.9 Å². The van der Waals surface area contributed by atoms with Crippen LogP contribution in [0.2, 0.25) is 5.02 Å². The molecule has 1 fully saturated rings. The number of halogens is 2. The maximum atomic E-state index is 14.2. The van der Waals surface area contributed by atoms with Crippen molar-refractivity contribution < 1.29 is 13.9 Å². The molecule has 1 aromatic heterocycles. The Bertz CT molecular complexity index is 1010. The number of ether oxygens (including phenoxy) is 1. The summed E-state index contributed by atoms with van der Waals surface area (Å²) < 4.78 is 20.9. The summed E-state index contributed by atoms with van der Waals surface area (Å²) >= 11 is 7.95. The summed E-state index contributed by atoms with van der Waals surface area (Å²) in [4.78, 5) is 15.6. The number of carbonyl (C=O) groups is 1. The van der Waals surface area contributed by atoms with Crippen molar-refractivity contribution >= 4 is 38.9 Å². The van der Waals surface area contributed by atoms with Crippen LogP contribution in [0.15, 0.2) is 42.5 Å². The van der Waals surface area contributed by atoms with Gasteiger partial charge in [-0.25, -0.2) is 4.39 Å². The number of hydrogen-bond acceptors (Lipinski definition) is 3. The molecular formula is C22H21ClFNO2S. The monoisotopic (exact) mass is 417 g/mol. The molecule has 0 radical (unpaired) electrons. The molecule has 1 saturated heterocycles. The van der Waals surface area contributed by atoms with Gasteiger partial charge in [0.2, 0.25) is 0 Å². The summed E-state index contributed by atoms with van der Waals surface area (Å²) in [6, 6.07) is 12.5. The molecule has 2 heterocycles. The number of rotatable bonds is 5. The van der Waals surface area contributed by atoms with Gasteiger partial charge in [0, 0.05) is 35.3 Å². The van der Waals surface area contributed by atoms with Crippen LogP contribution in [0.3, 0.4) is 0 Å². The summed E-state index contributed by atoms with van der Waals surface area (Å²) in [6.45, 7) is 3.33. The molecule has 0 aliphatic carbocycles. The van der Waals surface area contributed by atoms with E-state index < -0.39 is 0 Å². The Morgan fingerprint density at radius 2 is 2.14 bits per heavy atom. The van der Waals surface area contributed by atoms with E-state index in [1.165, 1.54) is 17.4 Å². The summed E-state index contributed by atoms with van der Waals surface area (Å²) in [7, 11) is 0. The SMILES string of the molecule is Cc1ccc2c(Cl)c(C(=O)N(Cc3ccccc3F)CC3CCCO3)sc2c1. The summed E-state index contributed by atoms with van der Waals surface area (Å²) in [6.07, 6.45) is 1.86. The first-order valence-electron chi connectivity index (χ1n) is 9.36. The van der Waals surface area contributed by atoms with Crippen LogP contribution >= 0.6 is 22.9 Å². The molecule has 4 rings (SSSR count). The van der Waals surface area contributed by atoms with Gasteiger partial charge in [-0.2, -0.15) is 0 Å². The Balaban J connectivity index is 1.67. The number of nitrogens with zero attached hydrogens (tertiary/aromatic N) is 1. The molecule has 0 bridgehead atoms.